The molecule has 0 saturated heterocycles. The Morgan fingerprint density at radius 2 is 1.95 bits per heavy atom. The van der Waals surface area contributed by atoms with Crippen LogP contribution in [0.4, 0.5) is 0 Å². The van der Waals surface area contributed by atoms with Crippen LogP contribution in [0.15, 0.2) is 48.5 Å². The molecule has 0 unspecified atom stereocenters. The number of hydrogen-bond acceptors (Lipinski definition) is 3. The lowest BCUT2D eigenvalue weighted by Crippen LogP contribution is -2.11. The van der Waals surface area contributed by atoms with E-state index >= 15 is 0 Å². The lowest BCUT2D eigenvalue weighted by molar-refractivity contribution is 0.0921. The first-order chi connectivity index (χ1) is 9.19. The van der Waals surface area contributed by atoms with Crippen molar-refractivity contribution in [2.75, 3.05) is 6.61 Å². The van der Waals surface area contributed by atoms with Gasteiger partial charge in [0.1, 0.15) is 12.0 Å². The zero-order valence-electron chi connectivity index (χ0n) is 10.6. The molecule has 0 heterocycles. The molecule has 2 rings (SSSR count). The number of aryl methyl sites for hydroxylation is 1. The highest BCUT2D eigenvalue weighted by atomic mass is 16.5. The zero-order chi connectivity index (χ0) is 13.7. The van der Waals surface area contributed by atoms with E-state index in [-0.39, 0.29) is 12.4 Å². The minimum absolute atomic E-state index is 0.0359. The number of benzene rings is 2. The summed E-state index contributed by atoms with van der Waals surface area (Å²) in [6, 6.07) is 14.1. The summed E-state index contributed by atoms with van der Waals surface area (Å²) < 4.78 is 5.44. The lowest BCUT2D eigenvalue weighted by Gasteiger charge is -2.06. The summed E-state index contributed by atoms with van der Waals surface area (Å²) in [4.78, 5) is 22.6. The smallest absolute Gasteiger partial charge is 0.200 e. The molecule has 2 aromatic carbocycles. The van der Waals surface area contributed by atoms with Gasteiger partial charge in [-0.25, -0.2) is 0 Å². The number of hydrogen-bond donors (Lipinski definition) is 0. The van der Waals surface area contributed by atoms with Gasteiger partial charge in [0.25, 0.3) is 0 Å². The minimum Gasteiger partial charge on any atom is -0.485 e. The summed E-state index contributed by atoms with van der Waals surface area (Å²) in [6.45, 7) is 1.92. The van der Waals surface area contributed by atoms with Gasteiger partial charge in [-0.1, -0.05) is 30.3 Å². The molecule has 0 bridgehead atoms. The second-order valence-corrected chi connectivity index (χ2v) is 4.27. The van der Waals surface area contributed by atoms with E-state index in [9.17, 15) is 9.59 Å². The minimum atomic E-state index is -0.148. The molecule has 3 nitrogen and oxygen atoms in total. The number of carbonyl (C=O) groups is 2. The third-order valence-corrected chi connectivity index (χ3v) is 2.70. The van der Waals surface area contributed by atoms with Crippen LogP contribution in [0.25, 0.3) is 0 Å². The van der Waals surface area contributed by atoms with Gasteiger partial charge < -0.3 is 4.74 Å². The number of Topliss-reactive ketones (excluding diaryl/α,β-unsaturated/α-hetero) is 1. The Bertz CT molecular complexity index is 602. The largest absolute Gasteiger partial charge is 0.485 e. The van der Waals surface area contributed by atoms with Crippen molar-refractivity contribution in [3.63, 3.8) is 0 Å². The Hall–Kier alpha value is -2.42. The van der Waals surface area contributed by atoms with Crippen molar-refractivity contribution in [3.05, 3.63) is 65.2 Å². The third kappa shape index (κ3) is 3.52. The lowest BCUT2D eigenvalue weighted by atomic mass is 10.1. The molecule has 0 saturated carbocycles. The summed E-state index contributed by atoms with van der Waals surface area (Å²) in [7, 11) is 0. The molecule has 0 spiro atoms. The molecule has 0 radical (unpaired) electrons. The fraction of sp³-hybridized carbons (Fsp3) is 0.125. The molecule has 3 heteroatoms. The standard InChI is InChI=1S/C16H14O3/c1-12-4-2-7-15(8-12)19-11-16(18)14-6-3-5-13(9-14)10-17/h2-10H,11H2,1H3. The van der Waals surface area contributed by atoms with Crippen molar-refractivity contribution in [1.82, 2.24) is 0 Å². The highest BCUT2D eigenvalue weighted by molar-refractivity contribution is 5.98. The first-order valence-corrected chi connectivity index (χ1v) is 5.97. The quantitative estimate of drug-likeness (QED) is 0.608. The Morgan fingerprint density at radius 1 is 1.16 bits per heavy atom. The molecule has 0 N–H and O–H groups in total. The molecule has 0 atom stereocenters. The van der Waals surface area contributed by atoms with Crippen molar-refractivity contribution in [3.8, 4) is 5.75 Å². The zero-order valence-corrected chi connectivity index (χ0v) is 10.6. The van der Waals surface area contributed by atoms with E-state index in [4.69, 9.17) is 4.74 Å². The third-order valence-electron chi connectivity index (χ3n) is 2.70. The average molecular weight is 254 g/mol. The van der Waals surface area contributed by atoms with Crippen LogP contribution < -0.4 is 4.74 Å². The molecule has 96 valence electrons. The Morgan fingerprint density at radius 3 is 2.68 bits per heavy atom. The van der Waals surface area contributed by atoms with E-state index in [1.165, 1.54) is 0 Å². The van der Waals surface area contributed by atoms with Gasteiger partial charge in [-0.3, -0.25) is 9.59 Å². The summed E-state index contributed by atoms with van der Waals surface area (Å²) in [5, 5.41) is 0. The van der Waals surface area contributed by atoms with Gasteiger partial charge >= 0.3 is 0 Å². The Labute approximate surface area is 111 Å². The number of aldehydes is 1. The molecular weight excluding hydrogens is 240 g/mol. The van der Waals surface area contributed by atoms with Crippen LogP contribution in [-0.2, 0) is 0 Å². The van der Waals surface area contributed by atoms with Crippen molar-refractivity contribution < 1.29 is 14.3 Å². The normalized spacial score (nSPS) is 9.95. The first kappa shape index (κ1) is 13.0. The van der Waals surface area contributed by atoms with E-state index in [2.05, 4.69) is 0 Å². The summed E-state index contributed by atoms with van der Waals surface area (Å²) in [5.74, 6) is 0.519. The van der Waals surface area contributed by atoms with Crippen molar-refractivity contribution in [2.24, 2.45) is 0 Å². The van der Waals surface area contributed by atoms with E-state index in [0.29, 0.717) is 16.9 Å². The van der Waals surface area contributed by atoms with Crippen LogP contribution in [0.5, 0.6) is 5.75 Å². The molecule has 0 aliphatic heterocycles. The topological polar surface area (TPSA) is 43.4 Å². The molecular formula is C16H14O3. The van der Waals surface area contributed by atoms with Crippen LogP contribution in [0.1, 0.15) is 26.3 Å². The van der Waals surface area contributed by atoms with Gasteiger partial charge in [-0.15, -0.1) is 0 Å². The van der Waals surface area contributed by atoms with Gasteiger partial charge in [-0.05, 0) is 30.7 Å². The second-order valence-electron chi connectivity index (χ2n) is 4.27. The second kappa shape index (κ2) is 5.96. The summed E-state index contributed by atoms with van der Waals surface area (Å²) in [5.41, 5.74) is 2.05. The van der Waals surface area contributed by atoms with Gasteiger partial charge in [0.05, 0.1) is 0 Å². The van der Waals surface area contributed by atoms with Crippen LogP contribution >= 0.6 is 0 Å². The van der Waals surface area contributed by atoms with Gasteiger partial charge in [0, 0.05) is 11.1 Å². The highest BCUT2D eigenvalue weighted by Crippen LogP contribution is 2.13. The van der Waals surface area contributed by atoms with Gasteiger partial charge in [0.2, 0.25) is 0 Å². The van der Waals surface area contributed by atoms with Gasteiger partial charge in [-0.2, -0.15) is 0 Å². The monoisotopic (exact) mass is 254 g/mol. The average Bonchev–Trinajstić information content (AvgIpc) is 2.45. The van der Waals surface area contributed by atoms with Crippen LogP contribution in [0.2, 0.25) is 0 Å². The summed E-state index contributed by atoms with van der Waals surface area (Å²) in [6.07, 6.45) is 0.720. The SMILES string of the molecule is Cc1cccc(OCC(=O)c2cccc(C=O)c2)c1. The predicted octanol–water partition coefficient (Wildman–Crippen LogP) is 3.07. The predicted molar refractivity (Wildman–Crippen MR) is 72.8 cm³/mol. The van der Waals surface area contributed by atoms with Crippen LogP contribution in [0, 0.1) is 6.92 Å². The highest BCUT2D eigenvalue weighted by Gasteiger charge is 2.07. The van der Waals surface area contributed by atoms with E-state index < -0.39 is 0 Å². The molecule has 0 amide bonds. The van der Waals surface area contributed by atoms with E-state index in [0.717, 1.165) is 11.8 Å². The fourth-order valence-electron chi connectivity index (χ4n) is 1.72. The number of ether oxygens (including phenoxy) is 1. The van der Waals surface area contributed by atoms with Crippen molar-refractivity contribution in [1.29, 1.82) is 0 Å². The maximum absolute atomic E-state index is 11.9. The Kier molecular flexibility index (Phi) is 4.08. The first-order valence-electron chi connectivity index (χ1n) is 5.97. The number of ketones is 1. The van der Waals surface area contributed by atoms with Crippen molar-refractivity contribution >= 4 is 12.1 Å². The van der Waals surface area contributed by atoms with Crippen molar-refractivity contribution in [2.45, 2.75) is 6.92 Å². The van der Waals surface area contributed by atoms with E-state index in [1.807, 2.05) is 31.2 Å². The molecule has 0 aliphatic carbocycles. The molecule has 19 heavy (non-hydrogen) atoms. The summed E-state index contributed by atoms with van der Waals surface area (Å²) >= 11 is 0. The number of rotatable bonds is 5. The maximum Gasteiger partial charge on any atom is 0.200 e. The Balaban J connectivity index is 2.03. The maximum atomic E-state index is 11.9. The van der Waals surface area contributed by atoms with Crippen LogP contribution in [0.3, 0.4) is 0 Å². The van der Waals surface area contributed by atoms with Crippen LogP contribution in [-0.4, -0.2) is 18.7 Å². The number of carbonyl (C=O) groups excluding carboxylic acids is 2. The molecule has 2 aromatic rings. The fourth-order valence-corrected chi connectivity index (χ4v) is 1.72. The molecule has 0 fully saturated rings. The molecule has 0 aliphatic rings. The molecule has 0 aromatic heterocycles. The van der Waals surface area contributed by atoms with Gasteiger partial charge in [0.15, 0.2) is 12.4 Å². The van der Waals surface area contributed by atoms with E-state index in [1.54, 1.807) is 24.3 Å².